The predicted octanol–water partition coefficient (Wildman–Crippen LogP) is 1.83. The van der Waals surface area contributed by atoms with Crippen molar-refractivity contribution >= 4 is 0 Å². The molecular weight excluding hydrogens is 246 g/mol. The molecule has 0 saturated carbocycles. The quantitative estimate of drug-likeness (QED) is 0.860. The minimum atomic E-state index is 0.516. The van der Waals surface area contributed by atoms with Gasteiger partial charge in [-0.1, -0.05) is 37.3 Å². The van der Waals surface area contributed by atoms with E-state index < -0.39 is 0 Å². The molecule has 0 bridgehead atoms. The Kier molecular flexibility index (Phi) is 5.58. The van der Waals surface area contributed by atoms with Gasteiger partial charge in [-0.3, -0.25) is 4.90 Å². The first kappa shape index (κ1) is 15.5. The maximum atomic E-state index is 6.03. The molecule has 3 atom stereocenters. The molecule has 2 rings (SSSR count). The van der Waals surface area contributed by atoms with Crippen LogP contribution in [0.2, 0.25) is 0 Å². The molecule has 3 unspecified atom stereocenters. The molecule has 112 valence electrons. The van der Waals surface area contributed by atoms with Crippen LogP contribution in [-0.4, -0.2) is 55.6 Å². The monoisotopic (exact) mass is 275 g/mol. The van der Waals surface area contributed by atoms with E-state index in [0.29, 0.717) is 12.1 Å². The van der Waals surface area contributed by atoms with Crippen molar-refractivity contribution in [2.24, 2.45) is 11.7 Å². The van der Waals surface area contributed by atoms with Crippen LogP contribution in [0.4, 0.5) is 0 Å². The smallest absolute Gasteiger partial charge is 0.0254 e. The summed E-state index contributed by atoms with van der Waals surface area (Å²) in [5.41, 5.74) is 7.45. The summed E-state index contributed by atoms with van der Waals surface area (Å²) < 4.78 is 0. The zero-order chi connectivity index (χ0) is 14.5. The summed E-state index contributed by atoms with van der Waals surface area (Å²) in [5.74, 6) is 0.732. The first-order valence-electron chi connectivity index (χ1n) is 7.76. The zero-order valence-electron chi connectivity index (χ0n) is 13.1. The van der Waals surface area contributed by atoms with Gasteiger partial charge in [0.1, 0.15) is 0 Å². The van der Waals surface area contributed by atoms with Crippen LogP contribution in [0.25, 0.3) is 0 Å². The summed E-state index contributed by atoms with van der Waals surface area (Å²) in [5, 5.41) is 0. The Balaban J connectivity index is 1.89. The van der Waals surface area contributed by atoms with Crippen molar-refractivity contribution in [1.82, 2.24) is 9.80 Å². The van der Waals surface area contributed by atoms with Gasteiger partial charge in [0.25, 0.3) is 0 Å². The van der Waals surface area contributed by atoms with Crippen molar-refractivity contribution in [3.8, 4) is 0 Å². The van der Waals surface area contributed by atoms with Crippen LogP contribution in [0.1, 0.15) is 18.9 Å². The van der Waals surface area contributed by atoms with Gasteiger partial charge in [-0.05, 0) is 38.4 Å². The Morgan fingerprint density at radius 3 is 2.50 bits per heavy atom. The topological polar surface area (TPSA) is 32.5 Å². The lowest BCUT2D eigenvalue weighted by molar-refractivity contribution is 0.210. The number of benzene rings is 1. The number of likely N-dealkylation sites (tertiary alicyclic amines) is 1. The van der Waals surface area contributed by atoms with Crippen LogP contribution in [0.5, 0.6) is 0 Å². The van der Waals surface area contributed by atoms with E-state index in [-0.39, 0.29) is 0 Å². The van der Waals surface area contributed by atoms with E-state index in [1.54, 1.807) is 0 Å². The highest BCUT2D eigenvalue weighted by Crippen LogP contribution is 2.23. The minimum Gasteiger partial charge on any atom is -0.329 e. The Morgan fingerprint density at radius 2 is 1.95 bits per heavy atom. The first-order valence-corrected chi connectivity index (χ1v) is 7.76. The SMILES string of the molecule is CC1CN(C(CN)CCc2ccccc2)CC1N(C)C. The molecule has 3 nitrogen and oxygen atoms in total. The molecule has 1 aliphatic rings. The van der Waals surface area contributed by atoms with Crippen LogP contribution < -0.4 is 5.73 Å². The molecule has 1 aliphatic heterocycles. The highest BCUT2D eigenvalue weighted by molar-refractivity contribution is 5.14. The summed E-state index contributed by atoms with van der Waals surface area (Å²) in [7, 11) is 4.37. The second-order valence-electron chi connectivity index (χ2n) is 6.38. The Bertz CT molecular complexity index is 390. The van der Waals surface area contributed by atoms with Gasteiger partial charge in [-0.2, -0.15) is 0 Å². The fourth-order valence-corrected chi connectivity index (χ4v) is 3.38. The van der Waals surface area contributed by atoms with Gasteiger partial charge in [0.2, 0.25) is 0 Å². The van der Waals surface area contributed by atoms with E-state index in [0.717, 1.165) is 31.8 Å². The number of likely N-dealkylation sites (N-methyl/N-ethyl adjacent to an activating group) is 1. The molecule has 1 saturated heterocycles. The molecule has 3 heteroatoms. The Morgan fingerprint density at radius 1 is 1.25 bits per heavy atom. The summed E-state index contributed by atoms with van der Waals surface area (Å²) in [6, 6.07) is 11.9. The van der Waals surface area contributed by atoms with Crippen LogP contribution >= 0.6 is 0 Å². The number of hydrogen-bond acceptors (Lipinski definition) is 3. The van der Waals surface area contributed by atoms with E-state index in [1.807, 2.05) is 0 Å². The summed E-state index contributed by atoms with van der Waals surface area (Å²) in [6.45, 7) is 5.46. The predicted molar refractivity (Wildman–Crippen MR) is 85.8 cm³/mol. The highest BCUT2D eigenvalue weighted by Gasteiger charge is 2.33. The van der Waals surface area contributed by atoms with Gasteiger partial charge < -0.3 is 10.6 Å². The average Bonchev–Trinajstić information content (AvgIpc) is 2.83. The number of aryl methyl sites for hydroxylation is 1. The lowest BCUT2D eigenvalue weighted by atomic mass is 10.0. The fraction of sp³-hybridized carbons (Fsp3) is 0.647. The first-order chi connectivity index (χ1) is 9.61. The standard InChI is InChI=1S/C17H29N3/c1-14-12-20(13-17(14)19(2)3)16(11-18)10-9-15-7-5-4-6-8-15/h4-8,14,16-17H,9-13,18H2,1-3H3. The number of nitrogens with zero attached hydrogens (tertiary/aromatic N) is 2. The van der Waals surface area contributed by atoms with E-state index in [1.165, 1.54) is 12.1 Å². The van der Waals surface area contributed by atoms with Gasteiger partial charge in [0, 0.05) is 31.7 Å². The highest BCUT2D eigenvalue weighted by atomic mass is 15.3. The maximum absolute atomic E-state index is 6.03. The van der Waals surface area contributed by atoms with Crippen LogP contribution in [-0.2, 0) is 6.42 Å². The third-order valence-corrected chi connectivity index (χ3v) is 4.66. The number of hydrogen-bond donors (Lipinski definition) is 1. The molecule has 0 radical (unpaired) electrons. The molecular formula is C17H29N3. The van der Waals surface area contributed by atoms with Crippen LogP contribution in [0.3, 0.4) is 0 Å². The summed E-state index contributed by atoms with van der Waals surface area (Å²) in [6.07, 6.45) is 2.29. The van der Waals surface area contributed by atoms with Gasteiger partial charge >= 0.3 is 0 Å². The number of nitrogens with two attached hydrogens (primary N) is 1. The van der Waals surface area contributed by atoms with Crippen molar-refractivity contribution in [3.05, 3.63) is 35.9 Å². The average molecular weight is 275 g/mol. The Hall–Kier alpha value is -0.900. The van der Waals surface area contributed by atoms with Crippen LogP contribution in [0, 0.1) is 5.92 Å². The zero-order valence-corrected chi connectivity index (χ0v) is 13.1. The molecule has 2 N–H and O–H groups in total. The summed E-state index contributed by atoms with van der Waals surface area (Å²) >= 11 is 0. The Labute approximate surface area is 123 Å². The molecule has 0 amide bonds. The largest absolute Gasteiger partial charge is 0.329 e. The van der Waals surface area contributed by atoms with Crippen LogP contribution in [0.15, 0.2) is 30.3 Å². The lowest BCUT2D eigenvalue weighted by Gasteiger charge is -2.27. The molecule has 1 heterocycles. The maximum Gasteiger partial charge on any atom is 0.0254 e. The lowest BCUT2D eigenvalue weighted by Crippen LogP contribution is -2.41. The second-order valence-corrected chi connectivity index (χ2v) is 6.38. The fourth-order valence-electron chi connectivity index (χ4n) is 3.38. The van der Waals surface area contributed by atoms with E-state index in [2.05, 4.69) is 61.2 Å². The van der Waals surface area contributed by atoms with Gasteiger partial charge in [0.15, 0.2) is 0 Å². The van der Waals surface area contributed by atoms with Gasteiger partial charge in [0.05, 0.1) is 0 Å². The van der Waals surface area contributed by atoms with Gasteiger partial charge in [-0.15, -0.1) is 0 Å². The second kappa shape index (κ2) is 7.21. The van der Waals surface area contributed by atoms with Crippen molar-refractivity contribution in [3.63, 3.8) is 0 Å². The van der Waals surface area contributed by atoms with Crippen molar-refractivity contribution < 1.29 is 0 Å². The molecule has 0 aliphatic carbocycles. The number of rotatable bonds is 6. The van der Waals surface area contributed by atoms with Crippen molar-refractivity contribution in [1.29, 1.82) is 0 Å². The third kappa shape index (κ3) is 3.81. The molecule has 1 fully saturated rings. The van der Waals surface area contributed by atoms with E-state index >= 15 is 0 Å². The minimum absolute atomic E-state index is 0.516. The van der Waals surface area contributed by atoms with E-state index in [4.69, 9.17) is 5.73 Å². The molecule has 0 spiro atoms. The summed E-state index contributed by atoms with van der Waals surface area (Å²) in [4.78, 5) is 4.95. The van der Waals surface area contributed by atoms with Crippen molar-refractivity contribution in [2.45, 2.75) is 31.8 Å². The van der Waals surface area contributed by atoms with Gasteiger partial charge in [-0.25, -0.2) is 0 Å². The molecule has 0 aromatic heterocycles. The normalized spacial score (nSPS) is 25.2. The molecule has 1 aromatic rings. The van der Waals surface area contributed by atoms with E-state index in [9.17, 15) is 0 Å². The molecule has 1 aromatic carbocycles. The molecule has 20 heavy (non-hydrogen) atoms. The third-order valence-electron chi connectivity index (χ3n) is 4.66. The van der Waals surface area contributed by atoms with Crippen molar-refractivity contribution in [2.75, 3.05) is 33.7 Å².